The van der Waals surface area contributed by atoms with E-state index in [9.17, 15) is 0 Å². The maximum Gasteiger partial charge on any atom is 0.0674 e. The fourth-order valence-electron chi connectivity index (χ4n) is 3.07. The predicted octanol–water partition coefficient (Wildman–Crippen LogP) is 1.61. The Morgan fingerprint density at radius 1 is 1.31 bits per heavy atom. The largest absolute Gasteiger partial charge is 0.376 e. The van der Waals surface area contributed by atoms with Crippen molar-refractivity contribution in [1.82, 2.24) is 4.90 Å². The van der Waals surface area contributed by atoms with Crippen molar-refractivity contribution in [2.45, 2.75) is 51.2 Å². The van der Waals surface area contributed by atoms with Crippen molar-refractivity contribution in [2.24, 2.45) is 11.7 Å². The molecule has 0 bridgehead atoms. The number of hydrogen-bond donors (Lipinski definition) is 1. The highest BCUT2D eigenvalue weighted by atomic mass is 16.5. The second kappa shape index (κ2) is 5.99. The lowest BCUT2D eigenvalue weighted by molar-refractivity contribution is -0.0221. The molecule has 3 nitrogen and oxygen atoms in total. The zero-order chi connectivity index (χ0) is 11.4. The summed E-state index contributed by atoms with van der Waals surface area (Å²) >= 11 is 0. The summed E-state index contributed by atoms with van der Waals surface area (Å²) in [6.07, 6.45) is 7.27. The average molecular weight is 226 g/mol. The molecular weight excluding hydrogens is 200 g/mol. The smallest absolute Gasteiger partial charge is 0.0674 e. The number of nitrogens with zero attached hydrogens (tertiary/aromatic N) is 1. The van der Waals surface area contributed by atoms with Crippen LogP contribution in [0, 0.1) is 5.92 Å². The Morgan fingerprint density at radius 3 is 2.75 bits per heavy atom. The van der Waals surface area contributed by atoms with Gasteiger partial charge in [-0.3, -0.25) is 4.90 Å². The molecule has 1 saturated heterocycles. The summed E-state index contributed by atoms with van der Waals surface area (Å²) in [5, 5.41) is 0. The normalized spacial score (nSPS) is 31.5. The Hall–Kier alpha value is -0.120. The summed E-state index contributed by atoms with van der Waals surface area (Å²) in [5.41, 5.74) is 6.34. The van der Waals surface area contributed by atoms with Gasteiger partial charge in [0.15, 0.2) is 0 Å². The molecule has 0 spiro atoms. The van der Waals surface area contributed by atoms with Gasteiger partial charge in [0.2, 0.25) is 0 Å². The second-order valence-corrected chi connectivity index (χ2v) is 5.50. The van der Waals surface area contributed by atoms with Gasteiger partial charge in [-0.1, -0.05) is 19.3 Å². The van der Waals surface area contributed by atoms with Gasteiger partial charge >= 0.3 is 0 Å². The van der Waals surface area contributed by atoms with Crippen LogP contribution in [0.25, 0.3) is 0 Å². The van der Waals surface area contributed by atoms with Crippen molar-refractivity contribution >= 4 is 0 Å². The molecule has 16 heavy (non-hydrogen) atoms. The molecule has 2 fully saturated rings. The van der Waals surface area contributed by atoms with Gasteiger partial charge in [-0.25, -0.2) is 0 Å². The summed E-state index contributed by atoms with van der Waals surface area (Å²) in [5.74, 6) is 0.770. The summed E-state index contributed by atoms with van der Waals surface area (Å²) in [6, 6.07) is 0.380. The van der Waals surface area contributed by atoms with Crippen molar-refractivity contribution in [2.75, 3.05) is 26.2 Å². The lowest BCUT2D eigenvalue weighted by atomic mass is 9.84. The molecule has 2 rings (SSSR count). The lowest BCUT2D eigenvalue weighted by Gasteiger charge is -2.36. The molecule has 0 aromatic carbocycles. The highest BCUT2D eigenvalue weighted by molar-refractivity contribution is 4.81. The molecule has 1 aliphatic carbocycles. The standard InChI is InChI=1S/C13H26N2O/c1-11-9-15(7-8-16-11)10-13(14)12-5-3-2-4-6-12/h11-13H,2-10,14H2,1H3. The lowest BCUT2D eigenvalue weighted by Crippen LogP contribution is -2.49. The zero-order valence-electron chi connectivity index (χ0n) is 10.5. The third-order valence-corrected chi connectivity index (χ3v) is 4.05. The monoisotopic (exact) mass is 226 g/mol. The van der Waals surface area contributed by atoms with Gasteiger partial charge in [0, 0.05) is 25.7 Å². The molecule has 2 unspecified atom stereocenters. The third-order valence-electron chi connectivity index (χ3n) is 4.05. The van der Waals surface area contributed by atoms with E-state index in [1.54, 1.807) is 0 Å². The molecule has 2 atom stereocenters. The number of rotatable bonds is 3. The number of hydrogen-bond acceptors (Lipinski definition) is 3. The molecule has 0 aromatic rings. The van der Waals surface area contributed by atoms with E-state index < -0.39 is 0 Å². The number of nitrogens with two attached hydrogens (primary N) is 1. The van der Waals surface area contributed by atoms with Crippen LogP contribution in [0.5, 0.6) is 0 Å². The van der Waals surface area contributed by atoms with Crippen LogP contribution in [0.2, 0.25) is 0 Å². The van der Waals surface area contributed by atoms with E-state index in [0.29, 0.717) is 12.1 Å². The van der Waals surface area contributed by atoms with Gasteiger partial charge < -0.3 is 10.5 Å². The van der Waals surface area contributed by atoms with Crippen LogP contribution < -0.4 is 5.73 Å². The van der Waals surface area contributed by atoms with E-state index in [1.807, 2.05) is 0 Å². The summed E-state index contributed by atoms with van der Waals surface area (Å²) in [7, 11) is 0. The minimum atomic E-state index is 0.380. The first-order chi connectivity index (χ1) is 7.75. The third kappa shape index (κ3) is 3.44. The zero-order valence-corrected chi connectivity index (χ0v) is 10.5. The van der Waals surface area contributed by atoms with E-state index in [2.05, 4.69) is 11.8 Å². The molecule has 94 valence electrons. The van der Waals surface area contributed by atoms with Crippen molar-refractivity contribution in [3.05, 3.63) is 0 Å². The van der Waals surface area contributed by atoms with Crippen molar-refractivity contribution in [3.8, 4) is 0 Å². The van der Waals surface area contributed by atoms with Gasteiger partial charge in [0.25, 0.3) is 0 Å². The van der Waals surface area contributed by atoms with E-state index in [1.165, 1.54) is 32.1 Å². The molecule has 2 aliphatic rings. The molecule has 1 aliphatic heterocycles. The van der Waals surface area contributed by atoms with Crippen LogP contribution in [-0.4, -0.2) is 43.3 Å². The molecule has 0 amide bonds. The summed E-state index contributed by atoms with van der Waals surface area (Å²) in [6.45, 7) is 6.21. The average Bonchev–Trinajstić information content (AvgIpc) is 2.30. The molecular formula is C13H26N2O. The molecule has 2 N–H and O–H groups in total. The van der Waals surface area contributed by atoms with E-state index in [-0.39, 0.29) is 0 Å². The van der Waals surface area contributed by atoms with Gasteiger partial charge in [-0.15, -0.1) is 0 Å². The molecule has 1 heterocycles. The van der Waals surface area contributed by atoms with Gasteiger partial charge in [-0.2, -0.15) is 0 Å². The Morgan fingerprint density at radius 2 is 2.06 bits per heavy atom. The summed E-state index contributed by atoms with van der Waals surface area (Å²) in [4.78, 5) is 2.48. The Balaban J connectivity index is 1.74. The first-order valence-electron chi connectivity index (χ1n) is 6.85. The molecule has 3 heteroatoms. The minimum absolute atomic E-state index is 0.380. The van der Waals surface area contributed by atoms with Crippen LogP contribution >= 0.6 is 0 Å². The maximum absolute atomic E-state index is 6.34. The van der Waals surface area contributed by atoms with Crippen molar-refractivity contribution < 1.29 is 4.74 Å². The Labute approximate surface area is 99.3 Å². The van der Waals surface area contributed by atoms with Crippen LogP contribution in [0.15, 0.2) is 0 Å². The van der Waals surface area contributed by atoms with Crippen LogP contribution in [-0.2, 0) is 4.74 Å². The SMILES string of the molecule is CC1CN(CC(N)C2CCCCC2)CCO1. The fourth-order valence-corrected chi connectivity index (χ4v) is 3.07. The highest BCUT2D eigenvalue weighted by Gasteiger charge is 2.24. The number of ether oxygens (including phenoxy) is 1. The van der Waals surface area contributed by atoms with Gasteiger partial charge in [-0.05, 0) is 25.7 Å². The van der Waals surface area contributed by atoms with E-state index in [4.69, 9.17) is 10.5 Å². The maximum atomic E-state index is 6.34. The van der Waals surface area contributed by atoms with E-state index in [0.717, 1.165) is 32.2 Å². The predicted molar refractivity (Wildman–Crippen MR) is 66.4 cm³/mol. The van der Waals surface area contributed by atoms with Crippen LogP contribution in [0.1, 0.15) is 39.0 Å². The van der Waals surface area contributed by atoms with Crippen molar-refractivity contribution in [3.63, 3.8) is 0 Å². The Bertz CT molecular complexity index is 204. The van der Waals surface area contributed by atoms with Crippen LogP contribution in [0.3, 0.4) is 0 Å². The quantitative estimate of drug-likeness (QED) is 0.794. The fraction of sp³-hybridized carbons (Fsp3) is 1.00. The molecule has 0 radical (unpaired) electrons. The van der Waals surface area contributed by atoms with Crippen LogP contribution in [0.4, 0.5) is 0 Å². The van der Waals surface area contributed by atoms with Gasteiger partial charge in [0.05, 0.1) is 12.7 Å². The second-order valence-electron chi connectivity index (χ2n) is 5.50. The van der Waals surface area contributed by atoms with E-state index >= 15 is 0 Å². The Kier molecular flexibility index (Phi) is 4.62. The summed E-state index contributed by atoms with van der Waals surface area (Å²) < 4.78 is 5.55. The van der Waals surface area contributed by atoms with Gasteiger partial charge in [0.1, 0.15) is 0 Å². The topological polar surface area (TPSA) is 38.5 Å². The number of morpholine rings is 1. The minimum Gasteiger partial charge on any atom is -0.376 e. The molecule has 0 aromatic heterocycles. The first kappa shape index (κ1) is 12.3. The highest BCUT2D eigenvalue weighted by Crippen LogP contribution is 2.26. The first-order valence-corrected chi connectivity index (χ1v) is 6.85. The molecule has 1 saturated carbocycles. The van der Waals surface area contributed by atoms with Crippen molar-refractivity contribution in [1.29, 1.82) is 0 Å².